The molecule has 0 N–H and O–H groups in total. The molecule has 2 aromatic rings. The van der Waals surface area contributed by atoms with Gasteiger partial charge in [-0.25, -0.2) is 0 Å². The maximum Gasteiger partial charge on any atom is 0.132 e. The second-order valence-electron chi connectivity index (χ2n) is 7.69. The second kappa shape index (κ2) is 4.87. The molecule has 0 aliphatic carbocycles. The molecule has 0 spiro atoms. The van der Waals surface area contributed by atoms with E-state index in [2.05, 4.69) is 77.9 Å². The van der Waals surface area contributed by atoms with Crippen LogP contribution in [0, 0.1) is 20.8 Å². The Morgan fingerprint density at radius 1 is 0.864 bits per heavy atom. The van der Waals surface area contributed by atoms with Crippen LogP contribution >= 0.6 is 0 Å². The van der Waals surface area contributed by atoms with Crippen molar-refractivity contribution in [1.82, 2.24) is 0 Å². The largest absolute Gasteiger partial charge is 0.483 e. The normalized spacial score (nSPS) is 22.8. The lowest BCUT2D eigenvalue weighted by atomic mass is 9.71. The van der Waals surface area contributed by atoms with Crippen molar-refractivity contribution < 1.29 is 4.74 Å². The van der Waals surface area contributed by atoms with Crippen molar-refractivity contribution in [3.8, 4) is 5.75 Å². The minimum Gasteiger partial charge on any atom is -0.483 e. The van der Waals surface area contributed by atoms with Crippen LogP contribution in [-0.4, -0.2) is 0 Å². The summed E-state index contributed by atoms with van der Waals surface area (Å²) in [6, 6.07) is 13.3. The SMILES string of the molecule is Cc1ccc2c(c1)OC(C)(c1ccc(C)c(C)c1)CC2(C)C. The number of fused-ring (bicyclic) bond motifs is 1. The fourth-order valence-electron chi connectivity index (χ4n) is 3.72. The fourth-order valence-corrected chi connectivity index (χ4v) is 3.72. The number of rotatable bonds is 1. The lowest BCUT2D eigenvalue weighted by Gasteiger charge is -2.44. The van der Waals surface area contributed by atoms with Crippen molar-refractivity contribution in [2.24, 2.45) is 0 Å². The van der Waals surface area contributed by atoms with Gasteiger partial charge < -0.3 is 4.74 Å². The van der Waals surface area contributed by atoms with Crippen LogP contribution in [0.2, 0.25) is 0 Å². The fraction of sp³-hybridized carbons (Fsp3) is 0.429. The Balaban J connectivity index is 2.11. The molecule has 1 atom stereocenters. The Hall–Kier alpha value is -1.76. The highest BCUT2D eigenvalue weighted by molar-refractivity contribution is 5.46. The Labute approximate surface area is 134 Å². The number of hydrogen-bond donors (Lipinski definition) is 0. The lowest BCUT2D eigenvalue weighted by Crippen LogP contribution is -2.41. The maximum atomic E-state index is 6.52. The van der Waals surface area contributed by atoms with E-state index >= 15 is 0 Å². The van der Waals surface area contributed by atoms with E-state index < -0.39 is 0 Å². The molecule has 0 fully saturated rings. The third kappa shape index (κ3) is 2.43. The third-order valence-corrected chi connectivity index (χ3v) is 5.10. The summed E-state index contributed by atoms with van der Waals surface area (Å²) in [6.07, 6.45) is 0.985. The minimum absolute atomic E-state index is 0.106. The zero-order valence-electron chi connectivity index (χ0n) is 14.6. The summed E-state index contributed by atoms with van der Waals surface area (Å²) >= 11 is 0. The van der Waals surface area contributed by atoms with E-state index in [-0.39, 0.29) is 11.0 Å². The third-order valence-electron chi connectivity index (χ3n) is 5.10. The van der Waals surface area contributed by atoms with Crippen LogP contribution < -0.4 is 4.74 Å². The zero-order chi connectivity index (χ0) is 16.1. The first kappa shape index (κ1) is 15.1. The average Bonchev–Trinajstić information content (AvgIpc) is 2.40. The predicted octanol–water partition coefficient (Wildman–Crippen LogP) is 5.59. The maximum absolute atomic E-state index is 6.52. The molecule has 1 heteroatoms. The standard InChI is InChI=1S/C21H26O/c1-14-7-10-18-19(11-14)22-21(6,13-20(18,4)5)17-9-8-15(2)16(3)12-17/h7-12H,13H2,1-6H3. The van der Waals surface area contributed by atoms with Crippen molar-refractivity contribution in [2.75, 3.05) is 0 Å². The van der Waals surface area contributed by atoms with Crippen molar-refractivity contribution in [3.63, 3.8) is 0 Å². The summed E-state index contributed by atoms with van der Waals surface area (Å²) in [5.74, 6) is 1.04. The van der Waals surface area contributed by atoms with Crippen LogP contribution in [0.1, 0.15) is 55.0 Å². The van der Waals surface area contributed by atoms with E-state index in [1.54, 1.807) is 0 Å². The van der Waals surface area contributed by atoms with E-state index in [9.17, 15) is 0 Å². The van der Waals surface area contributed by atoms with Crippen LogP contribution in [0.3, 0.4) is 0 Å². The second-order valence-corrected chi connectivity index (χ2v) is 7.69. The van der Waals surface area contributed by atoms with E-state index in [1.165, 1.54) is 27.8 Å². The first-order chi connectivity index (χ1) is 10.2. The van der Waals surface area contributed by atoms with Crippen molar-refractivity contribution in [3.05, 3.63) is 64.2 Å². The quantitative estimate of drug-likeness (QED) is 0.666. The van der Waals surface area contributed by atoms with E-state index in [1.807, 2.05) is 0 Å². The van der Waals surface area contributed by atoms with Crippen LogP contribution in [0.5, 0.6) is 5.75 Å². The highest BCUT2D eigenvalue weighted by Crippen LogP contribution is 2.49. The number of hydrogen-bond acceptors (Lipinski definition) is 1. The highest BCUT2D eigenvalue weighted by atomic mass is 16.5. The van der Waals surface area contributed by atoms with Gasteiger partial charge in [0.25, 0.3) is 0 Å². The summed E-state index contributed by atoms with van der Waals surface area (Å²) in [7, 11) is 0. The molecule has 3 rings (SSSR count). The number of aryl methyl sites for hydroxylation is 3. The molecular weight excluding hydrogens is 268 g/mol. The predicted molar refractivity (Wildman–Crippen MR) is 92.7 cm³/mol. The Morgan fingerprint density at radius 2 is 1.59 bits per heavy atom. The van der Waals surface area contributed by atoms with Gasteiger partial charge in [-0.1, -0.05) is 44.2 Å². The summed E-state index contributed by atoms with van der Waals surface area (Å²) in [6.45, 7) is 13.3. The van der Waals surface area contributed by atoms with Gasteiger partial charge in [0, 0.05) is 6.42 Å². The molecule has 116 valence electrons. The molecule has 1 nitrogen and oxygen atoms in total. The zero-order valence-corrected chi connectivity index (χ0v) is 14.6. The van der Waals surface area contributed by atoms with Crippen LogP contribution in [-0.2, 0) is 11.0 Å². The van der Waals surface area contributed by atoms with Crippen molar-refractivity contribution in [1.29, 1.82) is 0 Å². The summed E-state index contributed by atoms with van der Waals surface area (Å²) in [5, 5.41) is 0. The monoisotopic (exact) mass is 294 g/mol. The molecule has 22 heavy (non-hydrogen) atoms. The van der Waals surface area contributed by atoms with E-state index in [4.69, 9.17) is 4.74 Å². The molecule has 0 bridgehead atoms. The summed E-state index contributed by atoms with van der Waals surface area (Å²) in [5.41, 5.74) is 6.33. The van der Waals surface area contributed by atoms with Crippen LogP contribution in [0.4, 0.5) is 0 Å². The van der Waals surface area contributed by atoms with E-state index in [0.29, 0.717) is 0 Å². The van der Waals surface area contributed by atoms with Crippen LogP contribution in [0.25, 0.3) is 0 Å². The van der Waals surface area contributed by atoms with E-state index in [0.717, 1.165) is 12.2 Å². The summed E-state index contributed by atoms with van der Waals surface area (Å²) in [4.78, 5) is 0. The smallest absolute Gasteiger partial charge is 0.132 e. The highest BCUT2D eigenvalue weighted by Gasteiger charge is 2.42. The molecule has 1 heterocycles. The van der Waals surface area contributed by atoms with Gasteiger partial charge in [0.05, 0.1) is 0 Å². The molecule has 1 unspecified atom stereocenters. The van der Waals surface area contributed by atoms with Gasteiger partial charge in [0.15, 0.2) is 0 Å². The molecule has 0 saturated carbocycles. The molecule has 0 amide bonds. The lowest BCUT2D eigenvalue weighted by molar-refractivity contribution is 0.0324. The van der Waals surface area contributed by atoms with Gasteiger partial charge in [-0.2, -0.15) is 0 Å². The minimum atomic E-state index is -0.275. The molecule has 1 aliphatic heterocycles. The van der Waals surface area contributed by atoms with Gasteiger partial charge in [-0.3, -0.25) is 0 Å². The van der Waals surface area contributed by atoms with Crippen molar-refractivity contribution in [2.45, 2.75) is 59.0 Å². The van der Waals surface area contributed by atoms with Crippen LogP contribution in [0.15, 0.2) is 36.4 Å². The van der Waals surface area contributed by atoms with Gasteiger partial charge in [0.2, 0.25) is 0 Å². The molecule has 0 saturated heterocycles. The first-order valence-corrected chi connectivity index (χ1v) is 8.09. The Bertz CT molecular complexity index is 727. The molecule has 1 aliphatic rings. The Kier molecular flexibility index (Phi) is 3.36. The van der Waals surface area contributed by atoms with Gasteiger partial charge in [-0.05, 0) is 67.0 Å². The number of ether oxygens (including phenoxy) is 1. The molecular formula is C21H26O. The molecule has 0 radical (unpaired) electrons. The molecule has 0 aromatic heterocycles. The molecule has 2 aromatic carbocycles. The van der Waals surface area contributed by atoms with Gasteiger partial charge in [0.1, 0.15) is 11.4 Å². The first-order valence-electron chi connectivity index (χ1n) is 8.09. The van der Waals surface area contributed by atoms with Gasteiger partial charge >= 0.3 is 0 Å². The average molecular weight is 294 g/mol. The Morgan fingerprint density at radius 3 is 2.27 bits per heavy atom. The topological polar surface area (TPSA) is 9.23 Å². The number of benzene rings is 2. The summed E-state index contributed by atoms with van der Waals surface area (Å²) < 4.78 is 6.52. The van der Waals surface area contributed by atoms with Crippen molar-refractivity contribution >= 4 is 0 Å². The van der Waals surface area contributed by atoms with Gasteiger partial charge in [-0.15, -0.1) is 0 Å².